The van der Waals surface area contributed by atoms with Crippen LogP contribution in [0.25, 0.3) is 0 Å². The van der Waals surface area contributed by atoms with E-state index in [0.717, 1.165) is 5.56 Å². The van der Waals surface area contributed by atoms with Gasteiger partial charge in [0.1, 0.15) is 11.5 Å². The summed E-state index contributed by atoms with van der Waals surface area (Å²) in [6, 6.07) is 1.32. The summed E-state index contributed by atoms with van der Waals surface area (Å²) in [4.78, 5) is 11.1. The smallest absolute Gasteiger partial charge is 0.339 e. The van der Waals surface area contributed by atoms with E-state index in [0.29, 0.717) is 24.4 Å². The van der Waals surface area contributed by atoms with E-state index in [4.69, 9.17) is 9.15 Å². The molecule has 4 nitrogen and oxygen atoms in total. The van der Waals surface area contributed by atoms with Crippen molar-refractivity contribution >= 4 is 0 Å². The van der Waals surface area contributed by atoms with Crippen molar-refractivity contribution in [2.24, 2.45) is 0 Å². The first-order chi connectivity index (χ1) is 7.04. The van der Waals surface area contributed by atoms with Crippen molar-refractivity contribution in [1.29, 1.82) is 0 Å². The molecule has 0 saturated heterocycles. The summed E-state index contributed by atoms with van der Waals surface area (Å²) in [5.41, 5.74) is 0.433. The predicted octanol–water partition coefficient (Wildman–Crippen LogP) is 1.27. The summed E-state index contributed by atoms with van der Waals surface area (Å²) in [5, 5.41) is 9.19. The highest BCUT2D eigenvalue weighted by Crippen LogP contribution is 2.21. The van der Waals surface area contributed by atoms with Crippen LogP contribution in [0.5, 0.6) is 5.75 Å². The van der Waals surface area contributed by atoms with E-state index >= 15 is 0 Å². The molecule has 1 aromatic rings. The highest BCUT2D eigenvalue weighted by atomic mass is 16.5. The van der Waals surface area contributed by atoms with Gasteiger partial charge in [0.2, 0.25) is 0 Å². The molecule has 84 valence electrons. The summed E-state index contributed by atoms with van der Waals surface area (Å²) in [5.74, 6) is 1.09. The molecule has 15 heavy (non-hydrogen) atoms. The van der Waals surface area contributed by atoms with E-state index in [-0.39, 0.29) is 6.10 Å². The number of hydrogen-bond donors (Lipinski definition) is 1. The Hall–Kier alpha value is -1.29. The van der Waals surface area contributed by atoms with Crippen molar-refractivity contribution in [3.63, 3.8) is 0 Å². The van der Waals surface area contributed by atoms with Crippen molar-refractivity contribution in [2.45, 2.75) is 32.8 Å². The summed E-state index contributed by atoms with van der Waals surface area (Å²) >= 11 is 0. The normalized spacial score (nSPS) is 12.5. The van der Waals surface area contributed by atoms with Gasteiger partial charge < -0.3 is 14.3 Å². The lowest BCUT2D eigenvalue weighted by atomic mass is 10.1. The van der Waals surface area contributed by atoms with Gasteiger partial charge in [-0.2, -0.15) is 0 Å². The maximum atomic E-state index is 11.1. The van der Waals surface area contributed by atoms with Gasteiger partial charge in [0, 0.05) is 5.56 Å². The average Bonchev–Trinajstić information content (AvgIpc) is 2.14. The number of aryl methyl sites for hydroxylation is 1. The minimum Gasteiger partial charge on any atom is -0.496 e. The monoisotopic (exact) mass is 212 g/mol. The molecule has 1 aromatic heterocycles. The predicted molar refractivity (Wildman–Crippen MR) is 56.3 cm³/mol. The maximum absolute atomic E-state index is 11.1. The van der Waals surface area contributed by atoms with Crippen LogP contribution in [0.3, 0.4) is 0 Å². The Kier molecular flexibility index (Phi) is 3.91. The molecule has 0 fully saturated rings. The Balaban J connectivity index is 2.99. The fourth-order valence-electron chi connectivity index (χ4n) is 1.44. The summed E-state index contributed by atoms with van der Waals surface area (Å²) < 4.78 is 10.1. The van der Waals surface area contributed by atoms with E-state index in [1.165, 1.54) is 13.2 Å². The number of methoxy groups -OCH3 is 1. The standard InChI is InChI=1S/C11H16O4/c1-7(12)4-5-9-8(2)15-11(13)6-10(9)14-3/h6-7,12H,4-5H2,1-3H3/t7-/m0/s1. The SMILES string of the molecule is COc1cc(=O)oc(C)c1CC[C@H](C)O. The minimum atomic E-state index is -0.412. The van der Waals surface area contributed by atoms with Crippen LogP contribution in [0.15, 0.2) is 15.3 Å². The van der Waals surface area contributed by atoms with Gasteiger partial charge in [0.15, 0.2) is 0 Å². The molecule has 1 N–H and O–H groups in total. The van der Waals surface area contributed by atoms with Crippen molar-refractivity contribution in [3.8, 4) is 5.75 Å². The largest absolute Gasteiger partial charge is 0.496 e. The van der Waals surface area contributed by atoms with Gasteiger partial charge in [-0.15, -0.1) is 0 Å². The molecule has 0 radical (unpaired) electrons. The molecule has 0 bridgehead atoms. The van der Waals surface area contributed by atoms with Gasteiger partial charge in [-0.25, -0.2) is 4.79 Å². The zero-order chi connectivity index (χ0) is 11.4. The summed E-state index contributed by atoms with van der Waals surface area (Å²) in [6.45, 7) is 3.45. The van der Waals surface area contributed by atoms with Crippen LogP contribution in [-0.4, -0.2) is 18.3 Å². The van der Waals surface area contributed by atoms with Crippen LogP contribution in [0.1, 0.15) is 24.7 Å². The van der Waals surface area contributed by atoms with Gasteiger partial charge in [-0.1, -0.05) is 0 Å². The Morgan fingerprint density at radius 2 is 2.27 bits per heavy atom. The number of rotatable bonds is 4. The van der Waals surface area contributed by atoms with Crippen LogP contribution in [0.2, 0.25) is 0 Å². The first-order valence-electron chi connectivity index (χ1n) is 4.90. The Labute approximate surface area is 88.5 Å². The quantitative estimate of drug-likeness (QED) is 0.816. The van der Waals surface area contributed by atoms with E-state index in [2.05, 4.69) is 0 Å². The second kappa shape index (κ2) is 4.98. The van der Waals surface area contributed by atoms with E-state index in [1.54, 1.807) is 13.8 Å². The van der Waals surface area contributed by atoms with Crippen molar-refractivity contribution < 1.29 is 14.3 Å². The highest BCUT2D eigenvalue weighted by molar-refractivity contribution is 5.33. The zero-order valence-corrected chi connectivity index (χ0v) is 9.24. The first-order valence-corrected chi connectivity index (χ1v) is 4.90. The van der Waals surface area contributed by atoms with Crippen LogP contribution >= 0.6 is 0 Å². The number of aliphatic hydroxyl groups excluding tert-OH is 1. The van der Waals surface area contributed by atoms with Gasteiger partial charge in [-0.05, 0) is 26.7 Å². The van der Waals surface area contributed by atoms with E-state index in [9.17, 15) is 9.90 Å². The molecule has 0 aliphatic heterocycles. The van der Waals surface area contributed by atoms with Crippen LogP contribution in [0, 0.1) is 6.92 Å². The number of ether oxygens (including phenoxy) is 1. The minimum absolute atomic E-state index is 0.374. The maximum Gasteiger partial charge on any atom is 0.339 e. The van der Waals surface area contributed by atoms with Gasteiger partial charge >= 0.3 is 5.63 Å². The molecule has 0 aromatic carbocycles. The molecule has 0 spiro atoms. The molecule has 0 saturated carbocycles. The van der Waals surface area contributed by atoms with Gasteiger partial charge in [0.25, 0.3) is 0 Å². The molecule has 0 aliphatic rings. The third-order valence-electron chi connectivity index (χ3n) is 2.26. The molecular weight excluding hydrogens is 196 g/mol. The molecule has 0 aliphatic carbocycles. The fraction of sp³-hybridized carbons (Fsp3) is 0.545. The van der Waals surface area contributed by atoms with E-state index < -0.39 is 5.63 Å². The molecule has 1 heterocycles. The number of aliphatic hydroxyl groups is 1. The van der Waals surface area contributed by atoms with Crippen LogP contribution in [-0.2, 0) is 6.42 Å². The Bertz CT molecular complexity index is 379. The van der Waals surface area contributed by atoms with Crippen molar-refractivity contribution in [1.82, 2.24) is 0 Å². The van der Waals surface area contributed by atoms with Crippen LogP contribution in [0.4, 0.5) is 0 Å². The molecule has 0 unspecified atom stereocenters. The van der Waals surface area contributed by atoms with Crippen LogP contribution < -0.4 is 10.4 Å². The lowest BCUT2D eigenvalue weighted by Crippen LogP contribution is -2.08. The molecule has 1 rings (SSSR count). The van der Waals surface area contributed by atoms with Crippen molar-refractivity contribution in [2.75, 3.05) is 7.11 Å². The Morgan fingerprint density at radius 1 is 1.60 bits per heavy atom. The highest BCUT2D eigenvalue weighted by Gasteiger charge is 2.11. The first kappa shape index (κ1) is 11.8. The summed E-state index contributed by atoms with van der Waals surface area (Å²) in [7, 11) is 1.51. The molecular formula is C11H16O4. The fourth-order valence-corrected chi connectivity index (χ4v) is 1.44. The topological polar surface area (TPSA) is 59.7 Å². The van der Waals surface area contributed by atoms with Gasteiger partial charge in [0.05, 0.1) is 19.3 Å². The lowest BCUT2D eigenvalue weighted by molar-refractivity contribution is 0.184. The van der Waals surface area contributed by atoms with Gasteiger partial charge in [-0.3, -0.25) is 0 Å². The zero-order valence-electron chi connectivity index (χ0n) is 9.24. The second-order valence-corrected chi connectivity index (χ2v) is 3.56. The van der Waals surface area contributed by atoms with E-state index in [1.807, 2.05) is 0 Å². The molecule has 1 atom stereocenters. The summed E-state index contributed by atoms with van der Waals surface area (Å²) in [6.07, 6.45) is 0.877. The number of hydrogen-bond acceptors (Lipinski definition) is 4. The van der Waals surface area contributed by atoms with Crippen molar-refractivity contribution in [3.05, 3.63) is 27.8 Å². The lowest BCUT2D eigenvalue weighted by Gasteiger charge is -2.10. The molecule has 0 amide bonds. The Morgan fingerprint density at radius 3 is 2.80 bits per heavy atom. The third kappa shape index (κ3) is 3.09. The molecule has 4 heteroatoms. The third-order valence-corrected chi connectivity index (χ3v) is 2.26. The second-order valence-electron chi connectivity index (χ2n) is 3.56. The average molecular weight is 212 g/mol.